The molecule has 4 aromatic heterocycles. The van der Waals surface area contributed by atoms with Crippen molar-refractivity contribution >= 4 is 24.3 Å². The van der Waals surface area contributed by atoms with Crippen molar-refractivity contribution in [3.8, 4) is 17.1 Å². The summed E-state index contributed by atoms with van der Waals surface area (Å²) in [7, 11) is -1.80. The summed E-state index contributed by atoms with van der Waals surface area (Å²) in [5, 5.41) is 25.0. The smallest absolute Gasteiger partial charge is 0.423 e. The number of nitrogens with one attached hydrogen (secondary N) is 1. The fourth-order valence-electron chi connectivity index (χ4n) is 3.31. The number of alkyl halides is 2. The van der Waals surface area contributed by atoms with Crippen LogP contribution in [0.4, 0.5) is 14.6 Å². The van der Waals surface area contributed by atoms with Gasteiger partial charge in [-0.3, -0.25) is 9.78 Å². The molecule has 0 aliphatic heterocycles. The molecule has 34 heavy (non-hydrogen) atoms. The maximum absolute atomic E-state index is 13.7. The molecule has 0 radical (unpaired) electrons. The Kier molecular flexibility index (Phi) is 6.48. The summed E-state index contributed by atoms with van der Waals surface area (Å²) in [6.07, 6.45) is 3.93. The molecular weight excluding hydrogens is 447 g/mol. The second-order valence-corrected chi connectivity index (χ2v) is 7.67. The first-order valence-corrected chi connectivity index (χ1v) is 10.2. The summed E-state index contributed by atoms with van der Waals surface area (Å²) in [6.45, 7) is 3.99. The third-order valence-corrected chi connectivity index (χ3v) is 4.98. The lowest BCUT2D eigenvalue weighted by atomic mass is 9.81. The number of nitrogens with zero attached hydrogens (tertiary/aromatic N) is 6. The van der Waals surface area contributed by atoms with Gasteiger partial charge in [0.15, 0.2) is 0 Å². The summed E-state index contributed by atoms with van der Waals surface area (Å²) in [5.41, 5.74) is 0.420. The lowest BCUT2D eigenvalue weighted by molar-refractivity contribution is 0.101. The first kappa shape index (κ1) is 23.2. The number of anilines is 1. The molecule has 10 nitrogen and oxygen atoms in total. The summed E-state index contributed by atoms with van der Waals surface area (Å²) in [4.78, 5) is 25.3. The topological polar surface area (TPSA) is 131 Å². The van der Waals surface area contributed by atoms with Gasteiger partial charge in [0.05, 0.1) is 41.4 Å². The molecule has 0 saturated carbocycles. The maximum atomic E-state index is 13.7. The van der Waals surface area contributed by atoms with Gasteiger partial charge in [0, 0.05) is 23.9 Å². The van der Waals surface area contributed by atoms with Gasteiger partial charge >= 0.3 is 7.12 Å². The molecule has 1 amide bonds. The standard InChI is InChI=1S/C21H20BF2N7O3/c1-12(2)30-11-26-9-17(30)16-4-3-5-18(27-16)28-21(32)15-10-31(29-19(15)20(23)24)14-6-13(22(33)34)7-25-8-14/h3-12,20,33-34H,1-2H3,(H,27,28,32). The Bertz CT molecular complexity index is 1320. The molecule has 0 bridgehead atoms. The van der Waals surface area contributed by atoms with Crippen LogP contribution in [0, 0.1) is 0 Å². The molecular formula is C21H20BF2N7O3. The van der Waals surface area contributed by atoms with E-state index in [2.05, 4.69) is 25.4 Å². The Morgan fingerprint density at radius 3 is 2.65 bits per heavy atom. The van der Waals surface area contributed by atoms with Crippen LogP contribution in [0.3, 0.4) is 0 Å². The number of hydrogen-bond donors (Lipinski definition) is 3. The minimum Gasteiger partial charge on any atom is -0.423 e. The van der Waals surface area contributed by atoms with Crippen molar-refractivity contribution in [2.45, 2.75) is 26.3 Å². The Labute approximate surface area is 193 Å². The average Bonchev–Trinajstić information content (AvgIpc) is 3.47. The zero-order valence-corrected chi connectivity index (χ0v) is 18.2. The van der Waals surface area contributed by atoms with Crippen LogP contribution in [-0.4, -0.2) is 52.4 Å². The van der Waals surface area contributed by atoms with Crippen molar-refractivity contribution in [2.24, 2.45) is 0 Å². The first-order chi connectivity index (χ1) is 16.2. The minimum atomic E-state index is -3.03. The molecule has 174 valence electrons. The predicted octanol–water partition coefficient (Wildman–Crippen LogP) is 1.98. The van der Waals surface area contributed by atoms with E-state index < -0.39 is 25.1 Å². The van der Waals surface area contributed by atoms with Crippen LogP contribution in [0.2, 0.25) is 0 Å². The number of halogens is 2. The van der Waals surface area contributed by atoms with Gasteiger partial charge in [0.1, 0.15) is 11.5 Å². The van der Waals surface area contributed by atoms with Crippen molar-refractivity contribution < 1.29 is 23.6 Å². The summed E-state index contributed by atoms with van der Waals surface area (Å²) in [5.74, 6) is -0.658. The summed E-state index contributed by atoms with van der Waals surface area (Å²) < 4.78 is 30.3. The lowest BCUT2D eigenvalue weighted by Crippen LogP contribution is -2.30. The number of aromatic nitrogens is 6. The van der Waals surface area contributed by atoms with E-state index in [9.17, 15) is 23.6 Å². The van der Waals surface area contributed by atoms with E-state index in [0.29, 0.717) is 5.69 Å². The number of amides is 1. The van der Waals surface area contributed by atoms with Crippen molar-refractivity contribution in [1.82, 2.24) is 29.3 Å². The van der Waals surface area contributed by atoms with Crippen LogP contribution in [0.25, 0.3) is 17.1 Å². The van der Waals surface area contributed by atoms with Gasteiger partial charge in [-0.2, -0.15) is 5.10 Å². The molecule has 4 heterocycles. The monoisotopic (exact) mass is 467 g/mol. The highest BCUT2D eigenvalue weighted by Gasteiger charge is 2.25. The van der Waals surface area contributed by atoms with Crippen LogP contribution in [-0.2, 0) is 0 Å². The van der Waals surface area contributed by atoms with Gasteiger partial charge in [-0.1, -0.05) is 6.07 Å². The highest BCUT2D eigenvalue weighted by Crippen LogP contribution is 2.25. The molecule has 4 aromatic rings. The number of pyridine rings is 2. The Morgan fingerprint density at radius 2 is 1.94 bits per heavy atom. The zero-order valence-electron chi connectivity index (χ0n) is 18.2. The minimum absolute atomic E-state index is 0.0410. The molecule has 0 atom stereocenters. The Morgan fingerprint density at radius 1 is 1.15 bits per heavy atom. The first-order valence-electron chi connectivity index (χ1n) is 10.2. The van der Waals surface area contributed by atoms with Gasteiger partial charge in [-0.05, 0) is 32.0 Å². The number of rotatable bonds is 7. The molecule has 0 saturated heterocycles. The molecule has 0 aliphatic carbocycles. The second-order valence-electron chi connectivity index (χ2n) is 7.67. The number of hydrogen-bond acceptors (Lipinski definition) is 7. The fraction of sp³-hybridized carbons (Fsp3) is 0.190. The summed E-state index contributed by atoms with van der Waals surface area (Å²) >= 11 is 0. The van der Waals surface area contributed by atoms with Crippen LogP contribution < -0.4 is 10.8 Å². The molecule has 0 spiro atoms. The Hall–Kier alpha value is -3.97. The zero-order chi connectivity index (χ0) is 24.4. The van der Waals surface area contributed by atoms with Crippen molar-refractivity contribution in [1.29, 1.82) is 0 Å². The van der Waals surface area contributed by atoms with Crippen molar-refractivity contribution in [3.05, 3.63) is 66.6 Å². The second kappa shape index (κ2) is 9.49. The molecule has 3 N–H and O–H groups in total. The number of carbonyl (C=O) groups is 1. The molecule has 13 heteroatoms. The highest BCUT2D eigenvalue weighted by molar-refractivity contribution is 6.58. The van der Waals surface area contributed by atoms with Crippen LogP contribution in [0.1, 0.15) is 42.4 Å². The van der Waals surface area contributed by atoms with Gasteiger partial charge in [-0.15, -0.1) is 0 Å². The summed E-state index contributed by atoms with van der Waals surface area (Å²) in [6, 6.07) is 6.43. The average molecular weight is 467 g/mol. The predicted molar refractivity (Wildman–Crippen MR) is 120 cm³/mol. The van der Waals surface area contributed by atoms with E-state index in [-0.39, 0.29) is 28.6 Å². The largest absolute Gasteiger partial charge is 0.490 e. The molecule has 0 unspecified atom stereocenters. The molecule has 0 aromatic carbocycles. The van der Waals surface area contributed by atoms with Crippen LogP contribution in [0.15, 0.2) is 55.4 Å². The molecule has 4 rings (SSSR count). The van der Waals surface area contributed by atoms with E-state index in [4.69, 9.17) is 0 Å². The van der Waals surface area contributed by atoms with Gasteiger partial charge in [0.2, 0.25) is 0 Å². The van der Waals surface area contributed by atoms with E-state index in [1.165, 1.54) is 18.5 Å². The van der Waals surface area contributed by atoms with Gasteiger partial charge in [0.25, 0.3) is 12.3 Å². The van der Waals surface area contributed by atoms with E-state index in [1.54, 1.807) is 30.7 Å². The molecule has 0 fully saturated rings. The van der Waals surface area contributed by atoms with E-state index in [1.807, 2.05) is 18.4 Å². The van der Waals surface area contributed by atoms with Gasteiger partial charge < -0.3 is 19.9 Å². The van der Waals surface area contributed by atoms with Crippen molar-refractivity contribution in [2.75, 3.05) is 5.32 Å². The third-order valence-electron chi connectivity index (χ3n) is 4.98. The maximum Gasteiger partial charge on any atom is 0.490 e. The molecule has 0 aliphatic rings. The normalized spacial score (nSPS) is 11.3. The lowest BCUT2D eigenvalue weighted by Gasteiger charge is -2.12. The Balaban J connectivity index is 1.64. The van der Waals surface area contributed by atoms with Crippen LogP contribution >= 0.6 is 0 Å². The fourth-order valence-corrected chi connectivity index (χ4v) is 3.31. The quantitative estimate of drug-likeness (QED) is 0.354. The van der Waals surface area contributed by atoms with E-state index in [0.717, 1.165) is 16.6 Å². The van der Waals surface area contributed by atoms with Crippen molar-refractivity contribution in [3.63, 3.8) is 0 Å². The number of imidazole rings is 1. The SMILES string of the molecule is CC(C)n1cncc1-c1cccc(NC(=O)c2cn(-c3cncc(B(O)O)c3)nc2C(F)F)n1. The third kappa shape index (κ3) is 4.70. The van der Waals surface area contributed by atoms with Gasteiger partial charge in [-0.25, -0.2) is 23.4 Å². The highest BCUT2D eigenvalue weighted by atomic mass is 19.3. The van der Waals surface area contributed by atoms with Crippen LogP contribution in [0.5, 0.6) is 0 Å². The number of carbonyl (C=O) groups excluding carboxylic acids is 1. The van der Waals surface area contributed by atoms with E-state index >= 15 is 0 Å².